The van der Waals surface area contributed by atoms with Crippen molar-refractivity contribution in [1.82, 2.24) is 10.6 Å². The van der Waals surface area contributed by atoms with Crippen LogP contribution in [0, 0.1) is 11.8 Å². The van der Waals surface area contributed by atoms with Gasteiger partial charge in [-0.25, -0.2) is 4.79 Å². The molecule has 14 heavy (non-hydrogen) atoms. The predicted molar refractivity (Wildman–Crippen MR) is 47.0 cm³/mol. The lowest BCUT2D eigenvalue weighted by Crippen LogP contribution is -2.57. The molecule has 1 atom stereocenters. The summed E-state index contributed by atoms with van der Waals surface area (Å²) in [4.78, 5) is 33.5. The largest absolute Gasteiger partial charge is 0.328 e. The Hall–Kier alpha value is -1.65. The molecule has 2 N–H and O–H groups in total. The standard InChI is InChI=1S/C9H10N2O3/c12-7-6(5-3-1-2-4-5)8(13)11-9(14)10-7/h1,3,5-6H,2,4H2,(H2,10,11,12,13,14). The number of nitrogens with one attached hydrogen (secondary N) is 2. The van der Waals surface area contributed by atoms with Crippen molar-refractivity contribution >= 4 is 17.8 Å². The summed E-state index contributed by atoms with van der Waals surface area (Å²) in [6.45, 7) is 0. The maximum Gasteiger partial charge on any atom is 0.328 e. The summed E-state index contributed by atoms with van der Waals surface area (Å²) < 4.78 is 0. The summed E-state index contributed by atoms with van der Waals surface area (Å²) in [6.07, 6.45) is 5.48. The molecule has 0 radical (unpaired) electrons. The van der Waals surface area contributed by atoms with E-state index in [0.717, 1.165) is 12.8 Å². The number of amides is 4. The van der Waals surface area contributed by atoms with E-state index in [1.807, 2.05) is 12.2 Å². The number of urea groups is 1. The second-order valence-corrected chi connectivity index (χ2v) is 3.45. The van der Waals surface area contributed by atoms with Crippen molar-refractivity contribution in [3.05, 3.63) is 12.2 Å². The molecule has 0 aromatic carbocycles. The van der Waals surface area contributed by atoms with Crippen molar-refractivity contribution in [2.45, 2.75) is 12.8 Å². The van der Waals surface area contributed by atoms with Gasteiger partial charge >= 0.3 is 6.03 Å². The summed E-state index contributed by atoms with van der Waals surface area (Å²) in [5.74, 6) is -1.79. The van der Waals surface area contributed by atoms with E-state index >= 15 is 0 Å². The summed E-state index contributed by atoms with van der Waals surface area (Å²) in [6, 6.07) is -0.724. The highest BCUT2D eigenvalue weighted by molar-refractivity contribution is 6.16. The van der Waals surface area contributed by atoms with Crippen molar-refractivity contribution in [3.8, 4) is 0 Å². The number of allylic oxidation sites excluding steroid dienone is 2. The van der Waals surface area contributed by atoms with Gasteiger partial charge in [-0.15, -0.1) is 0 Å². The van der Waals surface area contributed by atoms with Gasteiger partial charge in [-0.1, -0.05) is 12.2 Å². The molecule has 74 valence electrons. The number of hydrogen-bond donors (Lipinski definition) is 2. The van der Waals surface area contributed by atoms with Crippen molar-refractivity contribution < 1.29 is 14.4 Å². The molecule has 1 fully saturated rings. The number of imide groups is 2. The molecule has 1 aliphatic heterocycles. The van der Waals surface area contributed by atoms with Gasteiger partial charge < -0.3 is 0 Å². The molecule has 1 unspecified atom stereocenters. The second-order valence-electron chi connectivity index (χ2n) is 3.45. The zero-order chi connectivity index (χ0) is 10.1. The normalized spacial score (nSPS) is 27.7. The third-order valence-corrected chi connectivity index (χ3v) is 2.52. The Labute approximate surface area is 80.5 Å². The first-order valence-corrected chi connectivity index (χ1v) is 4.51. The quantitative estimate of drug-likeness (QED) is 0.453. The minimum absolute atomic E-state index is 0.0666. The molecule has 1 saturated heterocycles. The van der Waals surface area contributed by atoms with Crippen molar-refractivity contribution in [2.24, 2.45) is 11.8 Å². The molecule has 0 aromatic rings. The molecule has 0 saturated carbocycles. The highest BCUT2D eigenvalue weighted by Gasteiger charge is 2.39. The molecule has 5 nitrogen and oxygen atoms in total. The van der Waals surface area contributed by atoms with E-state index in [1.165, 1.54) is 0 Å². The van der Waals surface area contributed by atoms with Gasteiger partial charge in [0, 0.05) is 0 Å². The molecule has 2 rings (SSSR count). The monoisotopic (exact) mass is 194 g/mol. The van der Waals surface area contributed by atoms with E-state index in [1.54, 1.807) is 0 Å². The minimum Gasteiger partial charge on any atom is -0.277 e. The summed E-state index contributed by atoms with van der Waals surface area (Å²) in [5.41, 5.74) is 0. The maximum atomic E-state index is 11.4. The van der Waals surface area contributed by atoms with Gasteiger partial charge in [0.05, 0.1) is 0 Å². The third kappa shape index (κ3) is 1.41. The molecule has 1 heterocycles. The Bertz CT molecular complexity index is 315. The lowest BCUT2D eigenvalue weighted by Gasteiger charge is -2.24. The Morgan fingerprint density at radius 3 is 2.29 bits per heavy atom. The predicted octanol–water partition coefficient (Wildman–Crippen LogP) is -0.0652. The Morgan fingerprint density at radius 1 is 1.14 bits per heavy atom. The third-order valence-electron chi connectivity index (χ3n) is 2.52. The Morgan fingerprint density at radius 2 is 1.79 bits per heavy atom. The van der Waals surface area contributed by atoms with Crippen LogP contribution in [0.15, 0.2) is 12.2 Å². The zero-order valence-corrected chi connectivity index (χ0v) is 7.45. The van der Waals surface area contributed by atoms with Crippen LogP contribution in [0.3, 0.4) is 0 Å². The molecule has 4 amide bonds. The number of carbonyl (C=O) groups excluding carboxylic acids is 3. The summed E-state index contributed by atoms with van der Waals surface area (Å²) in [5, 5.41) is 4.19. The highest BCUT2D eigenvalue weighted by Crippen LogP contribution is 2.26. The average Bonchev–Trinajstić information content (AvgIpc) is 2.54. The van der Waals surface area contributed by atoms with Crippen molar-refractivity contribution in [3.63, 3.8) is 0 Å². The van der Waals surface area contributed by atoms with Crippen LogP contribution >= 0.6 is 0 Å². The topological polar surface area (TPSA) is 75.3 Å². The van der Waals surface area contributed by atoms with Gasteiger partial charge in [-0.3, -0.25) is 20.2 Å². The fraction of sp³-hybridized carbons (Fsp3) is 0.444. The lowest BCUT2D eigenvalue weighted by atomic mass is 9.89. The molecule has 0 aromatic heterocycles. The number of barbiturate groups is 1. The fourth-order valence-corrected chi connectivity index (χ4v) is 1.85. The molecular weight excluding hydrogens is 184 g/mol. The van der Waals surface area contributed by atoms with Gasteiger partial charge in [0.15, 0.2) is 0 Å². The van der Waals surface area contributed by atoms with Crippen LogP contribution in [0.2, 0.25) is 0 Å². The number of rotatable bonds is 1. The van der Waals surface area contributed by atoms with E-state index in [2.05, 4.69) is 10.6 Å². The van der Waals surface area contributed by atoms with E-state index in [9.17, 15) is 14.4 Å². The second kappa shape index (κ2) is 3.25. The lowest BCUT2D eigenvalue weighted by molar-refractivity contribution is -0.137. The van der Waals surface area contributed by atoms with Gasteiger partial charge in [0.2, 0.25) is 11.8 Å². The van der Waals surface area contributed by atoms with Crippen LogP contribution in [0.1, 0.15) is 12.8 Å². The Balaban J connectivity index is 2.17. The van der Waals surface area contributed by atoms with Gasteiger partial charge in [0.1, 0.15) is 5.92 Å². The Kier molecular flexibility index (Phi) is 2.07. The van der Waals surface area contributed by atoms with Crippen LogP contribution in [0.4, 0.5) is 4.79 Å². The van der Waals surface area contributed by atoms with E-state index in [0.29, 0.717) is 0 Å². The first-order valence-electron chi connectivity index (χ1n) is 4.51. The maximum absolute atomic E-state index is 11.4. The van der Waals surface area contributed by atoms with Crippen molar-refractivity contribution in [2.75, 3.05) is 0 Å². The molecular formula is C9H10N2O3. The number of carbonyl (C=O) groups is 3. The first-order chi connectivity index (χ1) is 6.68. The highest BCUT2D eigenvalue weighted by atomic mass is 16.2. The fourth-order valence-electron chi connectivity index (χ4n) is 1.85. The molecule has 1 aliphatic carbocycles. The summed E-state index contributed by atoms with van der Waals surface area (Å²) in [7, 11) is 0. The number of hydrogen-bond acceptors (Lipinski definition) is 3. The molecule has 0 bridgehead atoms. The van der Waals surface area contributed by atoms with E-state index in [-0.39, 0.29) is 5.92 Å². The van der Waals surface area contributed by atoms with Gasteiger partial charge in [-0.2, -0.15) is 0 Å². The van der Waals surface area contributed by atoms with E-state index < -0.39 is 23.8 Å². The smallest absolute Gasteiger partial charge is 0.277 e. The summed E-state index contributed by atoms with van der Waals surface area (Å²) >= 11 is 0. The van der Waals surface area contributed by atoms with Crippen LogP contribution in [0.25, 0.3) is 0 Å². The van der Waals surface area contributed by atoms with Gasteiger partial charge in [-0.05, 0) is 18.8 Å². The average molecular weight is 194 g/mol. The first kappa shape index (κ1) is 8.93. The molecule has 0 spiro atoms. The van der Waals surface area contributed by atoms with Crippen LogP contribution in [-0.4, -0.2) is 17.8 Å². The molecule has 5 heteroatoms. The van der Waals surface area contributed by atoms with Crippen molar-refractivity contribution in [1.29, 1.82) is 0 Å². The SMILES string of the molecule is O=C1NC(=O)C(C2C=CCC2)C(=O)N1. The van der Waals surface area contributed by atoms with Crippen LogP contribution in [-0.2, 0) is 9.59 Å². The van der Waals surface area contributed by atoms with E-state index in [4.69, 9.17) is 0 Å². The molecule has 2 aliphatic rings. The van der Waals surface area contributed by atoms with Crippen LogP contribution in [0.5, 0.6) is 0 Å². The minimum atomic E-state index is -0.744. The van der Waals surface area contributed by atoms with Gasteiger partial charge in [0.25, 0.3) is 0 Å². The zero-order valence-electron chi connectivity index (χ0n) is 7.45. The van der Waals surface area contributed by atoms with Crippen LogP contribution < -0.4 is 10.6 Å².